The fourth-order valence-electron chi connectivity index (χ4n) is 5.07. The SMILES string of the molecule is CC(C)CC1CC(c2onc(C(CCOCc3ccccc3)CC(N)=O)c2C2CC2)C1. The zero-order chi connectivity index (χ0) is 21.8. The van der Waals surface area contributed by atoms with E-state index in [9.17, 15) is 4.79 Å². The molecule has 5 nitrogen and oxygen atoms in total. The first-order valence-electron chi connectivity index (χ1n) is 11.9. The lowest BCUT2D eigenvalue weighted by Gasteiger charge is -2.35. The number of hydrogen-bond donors (Lipinski definition) is 1. The van der Waals surface area contributed by atoms with E-state index in [1.807, 2.05) is 18.2 Å². The van der Waals surface area contributed by atoms with Crippen molar-refractivity contribution in [2.75, 3.05) is 6.61 Å². The van der Waals surface area contributed by atoms with Crippen molar-refractivity contribution in [3.05, 3.63) is 52.9 Å². The molecular formula is C26H36N2O3. The maximum Gasteiger partial charge on any atom is 0.218 e. The van der Waals surface area contributed by atoms with Crippen LogP contribution in [0.15, 0.2) is 34.9 Å². The molecule has 2 aliphatic rings. The first kappa shape index (κ1) is 22.1. The lowest BCUT2D eigenvalue weighted by molar-refractivity contribution is -0.118. The van der Waals surface area contributed by atoms with Gasteiger partial charge in [0.2, 0.25) is 5.91 Å². The van der Waals surface area contributed by atoms with Gasteiger partial charge in [0.15, 0.2) is 0 Å². The van der Waals surface area contributed by atoms with Gasteiger partial charge >= 0.3 is 0 Å². The van der Waals surface area contributed by atoms with Crippen molar-refractivity contribution in [2.24, 2.45) is 17.6 Å². The Kier molecular flexibility index (Phi) is 7.11. The number of primary amides is 1. The molecule has 0 aliphatic heterocycles. The van der Waals surface area contributed by atoms with E-state index in [0.717, 1.165) is 35.3 Å². The zero-order valence-corrected chi connectivity index (χ0v) is 18.9. The van der Waals surface area contributed by atoms with Crippen molar-refractivity contribution in [1.82, 2.24) is 5.16 Å². The number of ether oxygens (including phenoxy) is 1. The predicted molar refractivity (Wildman–Crippen MR) is 121 cm³/mol. The average molecular weight is 425 g/mol. The van der Waals surface area contributed by atoms with Gasteiger partial charge in [0, 0.05) is 30.4 Å². The van der Waals surface area contributed by atoms with Crippen LogP contribution in [0.1, 0.15) is 99.1 Å². The van der Waals surface area contributed by atoms with Crippen LogP contribution in [-0.2, 0) is 16.1 Å². The molecule has 2 aliphatic carbocycles. The number of rotatable bonds is 12. The molecule has 168 valence electrons. The van der Waals surface area contributed by atoms with E-state index in [2.05, 4.69) is 31.1 Å². The van der Waals surface area contributed by atoms with E-state index < -0.39 is 0 Å². The number of carbonyl (C=O) groups is 1. The van der Waals surface area contributed by atoms with Gasteiger partial charge in [-0.2, -0.15) is 0 Å². The summed E-state index contributed by atoms with van der Waals surface area (Å²) in [5, 5.41) is 4.52. The van der Waals surface area contributed by atoms with Crippen LogP contribution < -0.4 is 5.73 Å². The minimum Gasteiger partial charge on any atom is -0.377 e. The highest BCUT2D eigenvalue weighted by Gasteiger charge is 2.41. The molecule has 1 heterocycles. The Morgan fingerprint density at radius 1 is 1.19 bits per heavy atom. The number of hydrogen-bond acceptors (Lipinski definition) is 4. The smallest absolute Gasteiger partial charge is 0.218 e. The maximum atomic E-state index is 11.8. The molecule has 2 N–H and O–H groups in total. The summed E-state index contributed by atoms with van der Waals surface area (Å²) in [4.78, 5) is 11.8. The Labute approximate surface area is 185 Å². The maximum absolute atomic E-state index is 11.8. The third-order valence-corrected chi connectivity index (χ3v) is 6.74. The number of benzene rings is 1. The molecular weight excluding hydrogens is 388 g/mol. The first-order chi connectivity index (χ1) is 15.0. The first-order valence-corrected chi connectivity index (χ1v) is 11.9. The fourth-order valence-corrected chi connectivity index (χ4v) is 5.07. The van der Waals surface area contributed by atoms with Gasteiger partial charge in [-0.25, -0.2) is 0 Å². The quantitative estimate of drug-likeness (QED) is 0.446. The minimum absolute atomic E-state index is 0.0343. The molecule has 5 heteroatoms. The second-order valence-electron chi connectivity index (χ2n) is 9.98. The molecule has 1 aromatic carbocycles. The molecule has 0 bridgehead atoms. The molecule has 0 saturated heterocycles. The van der Waals surface area contributed by atoms with Gasteiger partial charge < -0.3 is 15.0 Å². The lowest BCUT2D eigenvalue weighted by Crippen LogP contribution is -2.24. The normalized spacial score (nSPS) is 21.8. The Balaban J connectivity index is 1.41. The van der Waals surface area contributed by atoms with E-state index in [0.29, 0.717) is 31.5 Å². The fraction of sp³-hybridized carbons (Fsp3) is 0.615. The molecule has 1 atom stereocenters. The van der Waals surface area contributed by atoms with E-state index in [-0.39, 0.29) is 11.8 Å². The van der Waals surface area contributed by atoms with Gasteiger partial charge in [-0.3, -0.25) is 4.79 Å². The molecule has 2 fully saturated rings. The van der Waals surface area contributed by atoms with Gasteiger partial charge in [0.25, 0.3) is 0 Å². The van der Waals surface area contributed by atoms with Gasteiger partial charge in [-0.1, -0.05) is 49.3 Å². The number of nitrogens with zero attached hydrogens (tertiary/aromatic N) is 1. The molecule has 0 radical (unpaired) electrons. The van der Waals surface area contributed by atoms with Crippen molar-refractivity contribution in [3.8, 4) is 0 Å². The standard InChI is InChI=1S/C26H36N2O3/c1-17(2)12-19-13-22(14-19)26-24(20-8-9-20)25(28-31-26)21(15-23(27)29)10-11-30-16-18-6-4-3-5-7-18/h3-7,17,19-22H,8-16H2,1-2H3,(H2,27,29). The summed E-state index contributed by atoms with van der Waals surface area (Å²) in [6.45, 7) is 5.73. The third-order valence-electron chi connectivity index (χ3n) is 6.74. The topological polar surface area (TPSA) is 78.3 Å². The van der Waals surface area contributed by atoms with Gasteiger partial charge in [-0.15, -0.1) is 0 Å². The van der Waals surface area contributed by atoms with E-state index >= 15 is 0 Å². The number of carbonyl (C=O) groups excluding carboxylic acids is 1. The van der Waals surface area contributed by atoms with Crippen molar-refractivity contribution >= 4 is 5.91 Å². The molecule has 1 amide bonds. The molecule has 2 aromatic rings. The molecule has 2 saturated carbocycles. The highest BCUT2D eigenvalue weighted by molar-refractivity contribution is 5.74. The van der Waals surface area contributed by atoms with Crippen LogP contribution in [0.3, 0.4) is 0 Å². The Morgan fingerprint density at radius 3 is 2.58 bits per heavy atom. The summed E-state index contributed by atoms with van der Waals surface area (Å²) in [6.07, 6.45) is 7.09. The van der Waals surface area contributed by atoms with Crippen LogP contribution in [0, 0.1) is 11.8 Å². The van der Waals surface area contributed by atoms with E-state index in [1.54, 1.807) is 0 Å². The Morgan fingerprint density at radius 2 is 1.94 bits per heavy atom. The molecule has 0 spiro atoms. The minimum atomic E-state index is -0.292. The average Bonchev–Trinajstić information content (AvgIpc) is 3.46. The van der Waals surface area contributed by atoms with Crippen molar-refractivity contribution in [2.45, 2.75) is 83.2 Å². The second kappa shape index (κ2) is 9.99. The van der Waals surface area contributed by atoms with Crippen molar-refractivity contribution in [1.29, 1.82) is 0 Å². The summed E-state index contributed by atoms with van der Waals surface area (Å²) in [6, 6.07) is 10.1. The highest BCUT2D eigenvalue weighted by atomic mass is 16.5. The summed E-state index contributed by atoms with van der Waals surface area (Å²) >= 11 is 0. The van der Waals surface area contributed by atoms with Crippen LogP contribution in [0.2, 0.25) is 0 Å². The number of amides is 1. The third kappa shape index (κ3) is 5.76. The predicted octanol–water partition coefficient (Wildman–Crippen LogP) is 5.66. The van der Waals surface area contributed by atoms with E-state index in [4.69, 9.17) is 15.0 Å². The molecule has 31 heavy (non-hydrogen) atoms. The van der Waals surface area contributed by atoms with Gasteiger partial charge in [0.05, 0.1) is 12.3 Å². The van der Waals surface area contributed by atoms with Crippen molar-refractivity contribution < 1.29 is 14.1 Å². The second-order valence-corrected chi connectivity index (χ2v) is 9.98. The monoisotopic (exact) mass is 424 g/mol. The Bertz CT molecular complexity index is 851. The number of aromatic nitrogens is 1. The molecule has 1 aromatic heterocycles. The largest absolute Gasteiger partial charge is 0.377 e. The zero-order valence-electron chi connectivity index (χ0n) is 18.9. The van der Waals surface area contributed by atoms with E-state index in [1.165, 1.54) is 37.7 Å². The van der Waals surface area contributed by atoms with Crippen LogP contribution in [-0.4, -0.2) is 17.7 Å². The van der Waals surface area contributed by atoms with Gasteiger partial charge in [0.1, 0.15) is 5.76 Å². The highest BCUT2D eigenvalue weighted by Crippen LogP contribution is 2.52. The van der Waals surface area contributed by atoms with Crippen LogP contribution in [0.4, 0.5) is 0 Å². The summed E-state index contributed by atoms with van der Waals surface area (Å²) in [7, 11) is 0. The number of nitrogens with two attached hydrogens (primary N) is 1. The summed E-state index contributed by atoms with van der Waals surface area (Å²) in [5.74, 6) is 3.35. The van der Waals surface area contributed by atoms with Crippen LogP contribution in [0.25, 0.3) is 0 Å². The lowest BCUT2D eigenvalue weighted by atomic mass is 9.69. The molecule has 1 unspecified atom stereocenters. The molecule has 4 rings (SSSR count). The Hall–Kier alpha value is -2.14. The summed E-state index contributed by atoms with van der Waals surface area (Å²) in [5.41, 5.74) is 9.01. The van der Waals surface area contributed by atoms with Crippen molar-refractivity contribution in [3.63, 3.8) is 0 Å². The van der Waals surface area contributed by atoms with Gasteiger partial charge in [-0.05, 0) is 61.8 Å². The summed E-state index contributed by atoms with van der Waals surface area (Å²) < 4.78 is 11.8. The van der Waals surface area contributed by atoms with Crippen LogP contribution >= 0.6 is 0 Å². The van der Waals surface area contributed by atoms with Crippen LogP contribution in [0.5, 0.6) is 0 Å².